The first-order valence-electron chi connectivity index (χ1n) is 8.79. The lowest BCUT2D eigenvalue weighted by molar-refractivity contribution is 0.0544. The van der Waals surface area contributed by atoms with Gasteiger partial charge in [0.25, 0.3) is 5.91 Å². The van der Waals surface area contributed by atoms with Crippen molar-refractivity contribution in [3.63, 3.8) is 0 Å². The number of fused-ring (bicyclic) bond motifs is 1. The van der Waals surface area contributed by atoms with Crippen LogP contribution in [0, 0.1) is 0 Å². The van der Waals surface area contributed by atoms with Gasteiger partial charge in [0, 0.05) is 31.7 Å². The van der Waals surface area contributed by atoms with Crippen LogP contribution >= 0.6 is 0 Å². The van der Waals surface area contributed by atoms with Crippen LogP contribution in [-0.2, 0) is 11.3 Å². The largest absolute Gasteiger partial charge is 0.445 e. The van der Waals surface area contributed by atoms with Crippen LogP contribution in [0.1, 0.15) is 15.9 Å². The Bertz CT molecular complexity index is 946. The van der Waals surface area contributed by atoms with Crippen LogP contribution in [0.25, 0.3) is 11.1 Å². The highest BCUT2D eigenvalue weighted by molar-refractivity contribution is 5.97. The van der Waals surface area contributed by atoms with Crippen molar-refractivity contribution in [2.75, 3.05) is 26.2 Å². The second-order valence-corrected chi connectivity index (χ2v) is 6.35. The van der Waals surface area contributed by atoms with E-state index in [0.717, 1.165) is 5.56 Å². The van der Waals surface area contributed by atoms with Crippen LogP contribution in [0.15, 0.2) is 59.3 Å². The molecule has 4 rings (SSSR count). The first-order valence-corrected chi connectivity index (χ1v) is 8.79. The zero-order valence-corrected chi connectivity index (χ0v) is 14.7. The number of hydrogen-bond acceptors (Lipinski definition) is 5. The van der Waals surface area contributed by atoms with E-state index in [1.165, 1.54) is 6.39 Å². The molecular weight excluding hydrogens is 346 g/mol. The van der Waals surface area contributed by atoms with E-state index in [1.54, 1.807) is 28.0 Å². The summed E-state index contributed by atoms with van der Waals surface area (Å²) in [6.07, 6.45) is 1.01. The summed E-state index contributed by atoms with van der Waals surface area (Å²) >= 11 is 0. The Hall–Kier alpha value is -3.35. The van der Waals surface area contributed by atoms with Crippen molar-refractivity contribution in [3.8, 4) is 0 Å². The van der Waals surface area contributed by atoms with Crippen LogP contribution in [0.3, 0.4) is 0 Å². The van der Waals surface area contributed by atoms with Crippen LogP contribution in [0.2, 0.25) is 0 Å². The maximum Gasteiger partial charge on any atom is 0.410 e. The molecule has 1 fully saturated rings. The predicted octanol–water partition coefficient (Wildman–Crippen LogP) is 2.92. The predicted molar refractivity (Wildman–Crippen MR) is 98.1 cm³/mol. The number of oxazole rings is 1. The molecule has 2 heterocycles. The highest BCUT2D eigenvalue weighted by atomic mass is 16.6. The quantitative estimate of drug-likeness (QED) is 0.713. The molecule has 7 heteroatoms. The normalized spacial score (nSPS) is 14.4. The lowest BCUT2D eigenvalue weighted by Gasteiger charge is -2.34. The lowest BCUT2D eigenvalue weighted by Crippen LogP contribution is -2.50. The number of carbonyl (C=O) groups excluding carboxylic acids is 2. The third-order valence-corrected chi connectivity index (χ3v) is 4.61. The second kappa shape index (κ2) is 7.49. The van der Waals surface area contributed by atoms with Crippen molar-refractivity contribution in [1.82, 2.24) is 14.8 Å². The van der Waals surface area contributed by atoms with Crippen molar-refractivity contribution in [2.24, 2.45) is 0 Å². The second-order valence-electron chi connectivity index (χ2n) is 6.35. The fraction of sp³-hybridized carbons (Fsp3) is 0.250. The van der Waals surface area contributed by atoms with Crippen molar-refractivity contribution >= 4 is 23.1 Å². The summed E-state index contributed by atoms with van der Waals surface area (Å²) in [5.74, 6) is -0.0720. The molecule has 0 aliphatic carbocycles. The van der Waals surface area contributed by atoms with E-state index in [-0.39, 0.29) is 18.6 Å². The molecule has 0 spiro atoms. The van der Waals surface area contributed by atoms with E-state index in [4.69, 9.17) is 9.15 Å². The molecule has 0 bridgehead atoms. The Kier molecular flexibility index (Phi) is 4.74. The van der Waals surface area contributed by atoms with Gasteiger partial charge in [-0.05, 0) is 23.8 Å². The number of ether oxygens (including phenoxy) is 1. The molecule has 3 aromatic rings. The molecule has 0 saturated carbocycles. The molecule has 2 amide bonds. The fourth-order valence-electron chi connectivity index (χ4n) is 3.08. The van der Waals surface area contributed by atoms with Crippen LogP contribution in [-0.4, -0.2) is 53.0 Å². The summed E-state index contributed by atoms with van der Waals surface area (Å²) in [6.45, 7) is 2.08. The number of hydrogen-bond donors (Lipinski definition) is 0. The molecule has 1 aliphatic heterocycles. The Morgan fingerprint density at radius 2 is 1.74 bits per heavy atom. The van der Waals surface area contributed by atoms with E-state index in [0.29, 0.717) is 42.8 Å². The minimum absolute atomic E-state index is 0.0720. The SMILES string of the molecule is O=C(OCc1ccccc1)N1CCN(C(=O)c2ccc3ocnc3c2)CC1. The van der Waals surface area contributed by atoms with Gasteiger partial charge in [0.05, 0.1) is 0 Å². The number of amides is 2. The van der Waals surface area contributed by atoms with E-state index < -0.39 is 0 Å². The lowest BCUT2D eigenvalue weighted by atomic mass is 10.1. The number of nitrogens with zero attached hydrogens (tertiary/aromatic N) is 3. The first-order chi connectivity index (χ1) is 13.2. The van der Waals surface area contributed by atoms with Crippen LogP contribution in [0.5, 0.6) is 0 Å². The Morgan fingerprint density at radius 1 is 1.00 bits per heavy atom. The Morgan fingerprint density at radius 3 is 2.52 bits per heavy atom. The van der Waals surface area contributed by atoms with E-state index in [2.05, 4.69) is 4.98 Å². The molecule has 0 N–H and O–H groups in total. The zero-order chi connectivity index (χ0) is 18.6. The molecule has 0 radical (unpaired) electrons. The van der Waals surface area contributed by atoms with Crippen molar-refractivity contribution in [2.45, 2.75) is 6.61 Å². The van der Waals surface area contributed by atoms with Crippen LogP contribution in [0.4, 0.5) is 4.79 Å². The Labute approximate surface area is 156 Å². The molecule has 1 aliphatic rings. The van der Waals surface area contributed by atoms with Gasteiger partial charge in [-0.3, -0.25) is 4.79 Å². The summed E-state index contributed by atoms with van der Waals surface area (Å²) in [5.41, 5.74) is 2.82. The number of rotatable bonds is 3. The van der Waals surface area contributed by atoms with Gasteiger partial charge in [0.2, 0.25) is 0 Å². The minimum atomic E-state index is -0.352. The van der Waals surface area contributed by atoms with Crippen LogP contribution < -0.4 is 0 Å². The highest BCUT2D eigenvalue weighted by Crippen LogP contribution is 2.17. The van der Waals surface area contributed by atoms with Gasteiger partial charge in [-0.2, -0.15) is 0 Å². The minimum Gasteiger partial charge on any atom is -0.445 e. The summed E-state index contributed by atoms with van der Waals surface area (Å²) in [4.78, 5) is 32.4. The molecule has 0 atom stereocenters. The average molecular weight is 365 g/mol. The van der Waals surface area contributed by atoms with Crippen molar-refractivity contribution in [3.05, 3.63) is 66.1 Å². The van der Waals surface area contributed by atoms with Gasteiger partial charge in [0.1, 0.15) is 12.1 Å². The van der Waals surface area contributed by atoms with E-state index in [1.807, 2.05) is 30.3 Å². The molecule has 0 unspecified atom stereocenters. The Balaban J connectivity index is 1.31. The topological polar surface area (TPSA) is 75.9 Å². The summed E-state index contributed by atoms with van der Waals surface area (Å²) in [6, 6.07) is 14.8. The maximum atomic E-state index is 12.7. The number of aromatic nitrogens is 1. The van der Waals surface area contributed by atoms with Crippen molar-refractivity contribution < 1.29 is 18.7 Å². The van der Waals surface area contributed by atoms with Gasteiger partial charge >= 0.3 is 6.09 Å². The molecule has 138 valence electrons. The number of piperazine rings is 1. The average Bonchev–Trinajstić information content (AvgIpc) is 3.20. The van der Waals surface area contributed by atoms with Crippen molar-refractivity contribution in [1.29, 1.82) is 0 Å². The smallest absolute Gasteiger partial charge is 0.410 e. The summed E-state index contributed by atoms with van der Waals surface area (Å²) in [5, 5.41) is 0. The van der Waals surface area contributed by atoms with Gasteiger partial charge < -0.3 is 19.0 Å². The van der Waals surface area contributed by atoms with Gasteiger partial charge in [-0.1, -0.05) is 30.3 Å². The number of carbonyl (C=O) groups is 2. The fourth-order valence-corrected chi connectivity index (χ4v) is 3.08. The molecule has 1 aromatic heterocycles. The molecule has 2 aromatic carbocycles. The monoisotopic (exact) mass is 365 g/mol. The third kappa shape index (κ3) is 3.76. The van der Waals surface area contributed by atoms with Gasteiger partial charge in [-0.15, -0.1) is 0 Å². The standard InChI is InChI=1S/C20H19N3O4/c24-19(16-6-7-18-17(12-16)21-14-27-18)22-8-10-23(11-9-22)20(25)26-13-15-4-2-1-3-5-15/h1-7,12,14H,8-11,13H2. The highest BCUT2D eigenvalue weighted by Gasteiger charge is 2.26. The van der Waals surface area contributed by atoms with E-state index in [9.17, 15) is 9.59 Å². The maximum absolute atomic E-state index is 12.7. The van der Waals surface area contributed by atoms with Gasteiger partial charge in [-0.25, -0.2) is 9.78 Å². The first kappa shape index (κ1) is 17.1. The number of benzene rings is 2. The van der Waals surface area contributed by atoms with E-state index >= 15 is 0 Å². The third-order valence-electron chi connectivity index (χ3n) is 4.61. The molecule has 27 heavy (non-hydrogen) atoms. The summed E-state index contributed by atoms with van der Waals surface area (Å²) in [7, 11) is 0. The molecular formula is C20H19N3O4. The van der Waals surface area contributed by atoms with Gasteiger partial charge in [0.15, 0.2) is 12.0 Å². The molecule has 7 nitrogen and oxygen atoms in total. The molecule has 1 saturated heterocycles. The summed E-state index contributed by atoms with van der Waals surface area (Å²) < 4.78 is 10.6. The zero-order valence-electron chi connectivity index (χ0n) is 14.7.